The highest BCUT2D eigenvalue weighted by atomic mass is 35.5. The number of carbonyl (C=O) groups excluding carboxylic acids is 2. The smallest absolute Gasteiger partial charge is 0.224 e. The van der Waals surface area contributed by atoms with Crippen molar-refractivity contribution in [2.45, 2.75) is 25.8 Å². The quantitative estimate of drug-likeness (QED) is 0.699. The maximum absolute atomic E-state index is 13.1. The van der Waals surface area contributed by atoms with Crippen LogP contribution >= 0.6 is 11.6 Å². The molecule has 2 aromatic carbocycles. The number of nitrogens with one attached hydrogen (secondary N) is 1. The van der Waals surface area contributed by atoms with Gasteiger partial charge in [0.2, 0.25) is 11.7 Å². The molecule has 1 N–H and O–H groups in total. The van der Waals surface area contributed by atoms with Crippen LogP contribution in [0.5, 0.6) is 0 Å². The fraction of sp³-hybridized carbons (Fsp3) is 0.200. The minimum atomic E-state index is -0.130. The van der Waals surface area contributed by atoms with E-state index in [0.29, 0.717) is 22.0 Å². The molecule has 4 rings (SSSR count). The van der Waals surface area contributed by atoms with Crippen LogP contribution in [0, 0.1) is 0 Å². The van der Waals surface area contributed by atoms with Crippen molar-refractivity contribution in [3.8, 4) is 0 Å². The van der Waals surface area contributed by atoms with E-state index in [9.17, 15) is 9.59 Å². The van der Waals surface area contributed by atoms with Crippen molar-refractivity contribution in [1.29, 1.82) is 0 Å². The molecule has 1 aliphatic rings. The molecule has 126 valence electrons. The second-order valence-corrected chi connectivity index (χ2v) is 6.79. The summed E-state index contributed by atoms with van der Waals surface area (Å²) < 4.78 is 0. The Morgan fingerprint density at radius 1 is 1.12 bits per heavy atom. The third kappa shape index (κ3) is 2.83. The van der Waals surface area contributed by atoms with Crippen LogP contribution in [0.15, 0.2) is 48.5 Å². The molecule has 1 aromatic heterocycles. The number of hydrogen-bond donors (Lipinski definition) is 1. The van der Waals surface area contributed by atoms with Gasteiger partial charge >= 0.3 is 0 Å². The molecule has 1 saturated carbocycles. The van der Waals surface area contributed by atoms with E-state index in [1.165, 1.54) is 0 Å². The Hall–Kier alpha value is -2.59. The first-order chi connectivity index (χ1) is 12.1. The fourth-order valence-corrected chi connectivity index (χ4v) is 3.41. The van der Waals surface area contributed by atoms with Crippen molar-refractivity contribution < 1.29 is 9.59 Å². The molecule has 3 aromatic rings. The maximum atomic E-state index is 13.1. The lowest BCUT2D eigenvalue weighted by Crippen LogP contribution is -2.31. The zero-order valence-corrected chi connectivity index (χ0v) is 14.5. The first kappa shape index (κ1) is 15.9. The number of rotatable bonds is 4. The number of aromatic amines is 1. The number of fused-ring (bicyclic) bond motifs is 1. The van der Waals surface area contributed by atoms with E-state index in [1.807, 2.05) is 24.3 Å². The second-order valence-electron chi connectivity index (χ2n) is 6.35. The zero-order chi connectivity index (χ0) is 17.6. The summed E-state index contributed by atoms with van der Waals surface area (Å²) in [5, 5.41) is 1.42. The average Bonchev–Trinajstić information content (AvgIpc) is 3.36. The lowest BCUT2D eigenvalue weighted by Gasteiger charge is -2.21. The van der Waals surface area contributed by atoms with Gasteiger partial charge < -0.3 is 9.88 Å². The number of carbonyl (C=O) groups is 2. The number of nitrogens with zero attached hydrogens (tertiary/aromatic N) is 1. The predicted molar refractivity (Wildman–Crippen MR) is 99.4 cm³/mol. The van der Waals surface area contributed by atoms with Crippen LogP contribution in [0.25, 0.3) is 10.9 Å². The Labute approximate surface area is 150 Å². The Morgan fingerprint density at radius 2 is 1.84 bits per heavy atom. The molecule has 1 heterocycles. The van der Waals surface area contributed by atoms with Gasteiger partial charge in [-0.3, -0.25) is 9.59 Å². The summed E-state index contributed by atoms with van der Waals surface area (Å²) in [6, 6.07) is 14.7. The minimum absolute atomic E-state index is 0.0551. The number of aromatic nitrogens is 1. The van der Waals surface area contributed by atoms with E-state index in [2.05, 4.69) is 4.98 Å². The zero-order valence-electron chi connectivity index (χ0n) is 13.8. The van der Waals surface area contributed by atoms with Crippen molar-refractivity contribution in [2.24, 2.45) is 0 Å². The van der Waals surface area contributed by atoms with Gasteiger partial charge in [-0.15, -0.1) is 0 Å². The molecule has 1 aliphatic carbocycles. The van der Waals surface area contributed by atoms with Crippen LogP contribution in [0.2, 0.25) is 5.02 Å². The summed E-state index contributed by atoms with van der Waals surface area (Å²) in [6.45, 7) is 1.55. The van der Waals surface area contributed by atoms with Gasteiger partial charge in [-0.25, -0.2) is 0 Å². The minimum Gasteiger partial charge on any atom is -0.350 e. The summed E-state index contributed by atoms with van der Waals surface area (Å²) in [7, 11) is 0. The maximum Gasteiger partial charge on any atom is 0.224 e. The van der Waals surface area contributed by atoms with Gasteiger partial charge in [-0.05, 0) is 31.0 Å². The van der Waals surface area contributed by atoms with E-state index in [-0.39, 0.29) is 17.7 Å². The van der Waals surface area contributed by atoms with Crippen LogP contribution in [-0.4, -0.2) is 22.7 Å². The first-order valence-electron chi connectivity index (χ1n) is 8.27. The molecular weight excluding hydrogens is 336 g/mol. The van der Waals surface area contributed by atoms with Crippen LogP contribution in [0.3, 0.4) is 0 Å². The molecule has 0 aliphatic heterocycles. The van der Waals surface area contributed by atoms with Gasteiger partial charge in [0, 0.05) is 34.5 Å². The van der Waals surface area contributed by atoms with Crippen molar-refractivity contribution >= 4 is 39.9 Å². The van der Waals surface area contributed by atoms with E-state index in [1.54, 1.807) is 36.1 Å². The summed E-state index contributed by atoms with van der Waals surface area (Å²) in [4.78, 5) is 30.4. The number of ketones is 1. The highest BCUT2D eigenvalue weighted by molar-refractivity contribution is 6.31. The van der Waals surface area contributed by atoms with E-state index in [0.717, 1.165) is 23.7 Å². The molecule has 5 heteroatoms. The van der Waals surface area contributed by atoms with Gasteiger partial charge in [-0.1, -0.05) is 41.9 Å². The predicted octanol–water partition coefficient (Wildman–Crippen LogP) is 4.57. The fourth-order valence-electron chi connectivity index (χ4n) is 3.23. The van der Waals surface area contributed by atoms with Crippen LogP contribution in [0.1, 0.15) is 35.8 Å². The van der Waals surface area contributed by atoms with E-state index < -0.39 is 0 Å². The van der Waals surface area contributed by atoms with Crippen molar-refractivity contribution in [3.05, 3.63) is 64.8 Å². The highest BCUT2D eigenvalue weighted by Crippen LogP contribution is 2.40. The lowest BCUT2D eigenvalue weighted by atomic mass is 10.1. The van der Waals surface area contributed by atoms with Gasteiger partial charge in [0.25, 0.3) is 0 Å². The Balaban J connectivity index is 1.95. The molecule has 0 spiro atoms. The third-order valence-electron chi connectivity index (χ3n) is 4.49. The van der Waals surface area contributed by atoms with Crippen LogP contribution in [-0.2, 0) is 4.79 Å². The molecule has 0 radical (unpaired) electrons. The number of amides is 1. The van der Waals surface area contributed by atoms with Crippen molar-refractivity contribution in [2.75, 3.05) is 4.90 Å². The molecule has 0 unspecified atom stereocenters. The van der Waals surface area contributed by atoms with Crippen molar-refractivity contribution in [1.82, 2.24) is 4.98 Å². The van der Waals surface area contributed by atoms with E-state index >= 15 is 0 Å². The second kappa shape index (κ2) is 6.05. The topological polar surface area (TPSA) is 53.2 Å². The van der Waals surface area contributed by atoms with Gasteiger partial charge in [0.1, 0.15) is 5.69 Å². The van der Waals surface area contributed by atoms with Crippen LogP contribution < -0.4 is 4.90 Å². The number of benzene rings is 2. The van der Waals surface area contributed by atoms with Crippen LogP contribution in [0.4, 0.5) is 5.69 Å². The molecule has 1 fully saturated rings. The first-order valence-corrected chi connectivity index (χ1v) is 8.65. The molecule has 4 nitrogen and oxygen atoms in total. The normalized spacial score (nSPS) is 13.8. The third-order valence-corrected chi connectivity index (χ3v) is 4.72. The molecule has 1 amide bonds. The highest BCUT2D eigenvalue weighted by Gasteiger charge is 2.36. The summed E-state index contributed by atoms with van der Waals surface area (Å²) in [6.07, 6.45) is 1.91. The number of halogens is 1. The SMILES string of the molecule is CC(=O)N(c1c(C(=O)c2ccccc2)[nH]c2cc(Cl)ccc12)C1CC1. The average molecular weight is 353 g/mol. The molecule has 25 heavy (non-hydrogen) atoms. The van der Waals surface area contributed by atoms with Gasteiger partial charge in [-0.2, -0.15) is 0 Å². The van der Waals surface area contributed by atoms with Gasteiger partial charge in [0.15, 0.2) is 0 Å². The monoisotopic (exact) mass is 352 g/mol. The van der Waals surface area contributed by atoms with Gasteiger partial charge in [0.05, 0.1) is 5.69 Å². The number of anilines is 1. The number of hydrogen-bond acceptors (Lipinski definition) is 2. The van der Waals surface area contributed by atoms with Crippen molar-refractivity contribution in [3.63, 3.8) is 0 Å². The molecule has 0 bridgehead atoms. The molecule has 0 atom stereocenters. The van der Waals surface area contributed by atoms with E-state index in [4.69, 9.17) is 11.6 Å². The summed E-state index contributed by atoms with van der Waals surface area (Å²) in [5.74, 6) is -0.185. The Bertz CT molecular complexity index is 974. The standard InChI is InChI=1S/C20H17ClN2O2/c1-12(24)23(15-8-9-15)19-16-10-7-14(21)11-17(16)22-18(19)20(25)13-5-3-2-4-6-13/h2-7,10-11,15,22H,8-9H2,1H3. The Kier molecular flexibility index (Phi) is 3.85. The molecular formula is C20H17ClN2O2. The number of H-pyrrole nitrogens is 1. The summed E-state index contributed by atoms with van der Waals surface area (Å²) in [5.41, 5.74) is 2.44. The Morgan fingerprint density at radius 3 is 2.48 bits per heavy atom. The lowest BCUT2D eigenvalue weighted by molar-refractivity contribution is -0.116. The summed E-state index contributed by atoms with van der Waals surface area (Å²) >= 11 is 6.11. The largest absolute Gasteiger partial charge is 0.350 e. The molecule has 0 saturated heterocycles.